The van der Waals surface area contributed by atoms with Crippen molar-refractivity contribution in [2.24, 2.45) is 0 Å². The molecule has 0 unspecified atom stereocenters. The van der Waals surface area contributed by atoms with Crippen LogP contribution in [0.15, 0.2) is 66.6 Å². The molecule has 2 aromatic carbocycles. The van der Waals surface area contributed by atoms with Crippen LogP contribution in [0.2, 0.25) is 0 Å². The van der Waals surface area contributed by atoms with Crippen LogP contribution < -0.4 is 5.32 Å². The molecule has 0 spiro atoms. The number of para-hydroxylation sites is 1. The molecule has 1 N–H and O–H groups in total. The van der Waals surface area contributed by atoms with E-state index < -0.39 is 5.92 Å². The molecule has 1 aromatic heterocycles. The molecule has 0 saturated carbocycles. The summed E-state index contributed by atoms with van der Waals surface area (Å²) < 4.78 is 27.6. The first-order valence-electron chi connectivity index (χ1n) is 12.3. The molecule has 1 fully saturated rings. The van der Waals surface area contributed by atoms with Crippen LogP contribution in [0.1, 0.15) is 67.0 Å². The summed E-state index contributed by atoms with van der Waals surface area (Å²) in [5, 5.41) is 5.66. The third kappa shape index (κ3) is 7.76. The van der Waals surface area contributed by atoms with E-state index in [1.807, 2.05) is 19.1 Å². The number of hydrogen-bond donors (Lipinski definition) is 1. The van der Waals surface area contributed by atoms with Crippen LogP contribution in [0.3, 0.4) is 0 Å². The first kappa shape index (κ1) is 28.6. The molecule has 2 heterocycles. The van der Waals surface area contributed by atoms with Crippen LogP contribution in [-0.2, 0) is 5.92 Å². The smallest absolute Gasteiger partial charge is 0.275 e. The van der Waals surface area contributed by atoms with Crippen molar-refractivity contribution >= 4 is 40.1 Å². The Bertz CT molecular complexity index is 1230. The average molecular weight is 542 g/mol. The summed E-state index contributed by atoms with van der Waals surface area (Å²) >= 11 is 6.77. The van der Waals surface area contributed by atoms with Crippen molar-refractivity contribution in [1.29, 1.82) is 0 Å². The quantitative estimate of drug-likeness (QED) is 0.252. The van der Waals surface area contributed by atoms with E-state index in [1.54, 1.807) is 35.7 Å². The number of benzene rings is 2. The number of alkyl halides is 2. The SMILES string of the molecule is C=CCC.CC(=S)N1CCC(c2nc(C(=O)Nc3ccccc3-c3cccc(C(C)(F)F)c3)cs2)CC1. The van der Waals surface area contributed by atoms with E-state index in [0.29, 0.717) is 28.4 Å². The summed E-state index contributed by atoms with van der Waals surface area (Å²) in [4.78, 5) is 20.7. The van der Waals surface area contributed by atoms with Gasteiger partial charge in [-0.25, -0.2) is 13.8 Å². The summed E-state index contributed by atoms with van der Waals surface area (Å²) in [5.41, 5.74) is 2.14. The number of carbonyl (C=O) groups is 1. The normalized spacial score (nSPS) is 13.9. The van der Waals surface area contributed by atoms with Crippen LogP contribution in [-0.4, -0.2) is 33.9 Å². The fourth-order valence-corrected chi connectivity index (χ4v) is 5.16. The number of likely N-dealkylation sites (tertiary alicyclic amines) is 1. The Morgan fingerprint density at radius 3 is 2.54 bits per heavy atom. The number of carbonyl (C=O) groups excluding carboxylic acids is 1. The molecule has 1 aliphatic heterocycles. The minimum atomic E-state index is -2.94. The predicted molar refractivity (Wildman–Crippen MR) is 154 cm³/mol. The maximum absolute atomic E-state index is 13.8. The average Bonchev–Trinajstić information content (AvgIpc) is 3.39. The van der Waals surface area contributed by atoms with E-state index in [1.165, 1.54) is 23.5 Å². The number of hydrogen-bond acceptors (Lipinski definition) is 4. The van der Waals surface area contributed by atoms with E-state index in [9.17, 15) is 13.6 Å². The Kier molecular flexibility index (Phi) is 10.1. The molecule has 1 saturated heterocycles. The highest BCUT2D eigenvalue weighted by molar-refractivity contribution is 7.80. The molecule has 0 aliphatic carbocycles. The molecular formula is C29H33F2N3OS2. The molecule has 4 nitrogen and oxygen atoms in total. The fourth-order valence-electron chi connectivity index (χ4n) is 4.01. The standard InChI is InChI=1S/C25H25F2N3OS2.C4H8/c1-16(32)30-12-10-17(11-13-30)24-29-22(15-33-24)23(31)28-21-9-4-3-8-20(21)18-6-5-7-19(14-18)25(2,26)27;1-3-4-2/h3-9,14-15,17H,10-13H2,1-2H3,(H,28,31);3H,1,4H2,2H3. The van der Waals surface area contributed by atoms with Gasteiger partial charge in [0, 0.05) is 48.1 Å². The zero-order valence-corrected chi connectivity index (χ0v) is 23.1. The number of anilines is 1. The minimum Gasteiger partial charge on any atom is -0.366 e. The van der Waals surface area contributed by atoms with Gasteiger partial charge in [-0.15, -0.1) is 17.9 Å². The number of nitrogens with zero attached hydrogens (tertiary/aromatic N) is 2. The Hall–Kier alpha value is -2.97. The molecule has 3 aromatic rings. The lowest BCUT2D eigenvalue weighted by Crippen LogP contribution is -2.35. The highest BCUT2D eigenvalue weighted by atomic mass is 32.1. The van der Waals surface area contributed by atoms with Gasteiger partial charge in [-0.1, -0.05) is 61.6 Å². The molecule has 196 valence electrons. The molecule has 37 heavy (non-hydrogen) atoms. The molecule has 0 radical (unpaired) electrons. The number of allylic oxidation sites excluding steroid dienone is 1. The predicted octanol–water partition coefficient (Wildman–Crippen LogP) is 8.28. The van der Waals surface area contributed by atoms with Gasteiger partial charge in [-0.2, -0.15) is 0 Å². The number of rotatable bonds is 6. The topological polar surface area (TPSA) is 45.2 Å². The van der Waals surface area contributed by atoms with Crippen molar-refractivity contribution in [2.45, 2.75) is 51.9 Å². The summed E-state index contributed by atoms with van der Waals surface area (Å²) in [6, 6.07) is 13.4. The van der Waals surface area contributed by atoms with E-state index in [-0.39, 0.29) is 11.5 Å². The lowest BCUT2D eigenvalue weighted by molar-refractivity contribution is 0.0175. The van der Waals surface area contributed by atoms with Gasteiger partial charge in [0.1, 0.15) is 5.69 Å². The molecule has 1 amide bonds. The number of thiazole rings is 1. The number of aromatic nitrogens is 1. The Morgan fingerprint density at radius 2 is 1.92 bits per heavy atom. The number of piperidine rings is 1. The maximum atomic E-state index is 13.8. The third-order valence-electron chi connectivity index (χ3n) is 6.19. The summed E-state index contributed by atoms with van der Waals surface area (Å²) in [6.45, 7) is 10.2. The zero-order valence-electron chi connectivity index (χ0n) is 21.5. The summed E-state index contributed by atoms with van der Waals surface area (Å²) in [6.07, 6.45) is 4.88. The number of amides is 1. The van der Waals surface area contributed by atoms with Crippen molar-refractivity contribution in [3.63, 3.8) is 0 Å². The van der Waals surface area contributed by atoms with Gasteiger partial charge in [0.25, 0.3) is 11.8 Å². The summed E-state index contributed by atoms with van der Waals surface area (Å²) in [5.74, 6) is -2.93. The second-order valence-corrected chi connectivity index (χ2v) is 10.5. The molecule has 0 bridgehead atoms. The van der Waals surface area contributed by atoms with Crippen molar-refractivity contribution in [3.05, 3.63) is 82.8 Å². The van der Waals surface area contributed by atoms with Crippen LogP contribution in [0.5, 0.6) is 0 Å². The van der Waals surface area contributed by atoms with E-state index in [0.717, 1.165) is 49.3 Å². The second kappa shape index (κ2) is 13.0. The number of halogens is 2. The molecule has 0 atom stereocenters. The maximum Gasteiger partial charge on any atom is 0.275 e. The highest BCUT2D eigenvalue weighted by Gasteiger charge is 2.26. The van der Waals surface area contributed by atoms with Crippen molar-refractivity contribution in [1.82, 2.24) is 9.88 Å². The minimum absolute atomic E-state index is 0.0693. The van der Waals surface area contributed by atoms with Gasteiger partial charge in [-0.3, -0.25) is 4.79 Å². The van der Waals surface area contributed by atoms with Crippen molar-refractivity contribution in [3.8, 4) is 11.1 Å². The van der Waals surface area contributed by atoms with Gasteiger partial charge in [0.05, 0.1) is 10.00 Å². The van der Waals surface area contributed by atoms with Gasteiger partial charge in [0.2, 0.25) is 0 Å². The highest BCUT2D eigenvalue weighted by Crippen LogP contribution is 2.34. The number of thiocarbonyl (C=S) groups is 1. The zero-order chi connectivity index (χ0) is 27.0. The number of nitrogens with one attached hydrogen (secondary N) is 1. The molecule has 8 heteroatoms. The fraction of sp³-hybridized carbons (Fsp3) is 0.345. The van der Waals surface area contributed by atoms with Crippen LogP contribution >= 0.6 is 23.6 Å². The van der Waals surface area contributed by atoms with Gasteiger partial charge < -0.3 is 10.2 Å². The third-order valence-corrected chi connectivity index (χ3v) is 7.45. The Labute approximate surface area is 227 Å². The van der Waals surface area contributed by atoms with Gasteiger partial charge in [0.15, 0.2) is 0 Å². The van der Waals surface area contributed by atoms with Crippen LogP contribution in [0.4, 0.5) is 14.5 Å². The lowest BCUT2D eigenvalue weighted by atomic mass is 9.97. The molecular weight excluding hydrogens is 508 g/mol. The van der Waals surface area contributed by atoms with Crippen LogP contribution in [0, 0.1) is 0 Å². The second-order valence-electron chi connectivity index (χ2n) is 9.02. The van der Waals surface area contributed by atoms with Gasteiger partial charge in [-0.05, 0) is 43.9 Å². The Balaban J connectivity index is 0.000000886. The van der Waals surface area contributed by atoms with Crippen molar-refractivity contribution in [2.75, 3.05) is 18.4 Å². The monoisotopic (exact) mass is 541 g/mol. The first-order valence-corrected chi connectivity index (χ1v) is 13.6. The lowest BCUT2D eigenvalue weighted by Gasteiger charge is -2.31. The molecule has 1 aliphatic rings. The van der Waals surface area contributed by atoms with Gasteiger partial charge >= 0.3 is 0 Å². The summed E-state index contributed by atoms with van der Waals surface area (Å²) in [7, 11) is 0. The van der Waals surface area contributed by atoms with E-state index in [4.69, 9.17) is 12.2 Å². The Morgan fingerprint density at radius 1 is 1.24 bits per heavy atom. The molecule has 4 rings (SSSR count). The first-order chi connectivity index (χ1) is 17.6. The van der Waals surface area contributed by atoms with Crippen molar-refractivity contribution < 1.29 is 13.6 Å². The van der Waals surface area contributed by atoms with E-state index >= 15 is 0 Å². The largest absolute Gasteiger partial charge is 0.366 e. The van der Waals surface area contributed by atoms with Crippen LogP contribution in [0.25, 0.3) is 11.1 Å². The van der Waals surface area contributed by atoms with E-state index in [2.05, 4.69) is 28.7 Å².